The molecule has 3 heteroatoms. The number of hydrogen-bond donors (Lipinski definition) is 1. The molecule has 0 unspecified atom stereocenters. The second-order valence-electron chi connectivity index (χ2n) is 0.149. The summed E-state index contributed by atoms with van der Waals surface area (Å²) in [5.74, 6) is 0. The number of aliphatic hydroxyl groups is 1. The second-order valence-corrected chi connectivity index (χ2v) is 0.149. The molecule has 0 saturated carbocycles. The van der Waals surface area contributed by atoms with Crippen molar-refractivity contribution < 1.29 is 26.2 Å². The topological polar surface area (TPSA) is 20.2 Å². The van der Waals surface area contributed by atoms with Crippen molar-refractivity contribution in [2.45, 2.75) is 0 Å². The molecule has 0 aromatic carbocycles. The molecule has 0 bridgehead atoms. The van der Waals surface area contributed by atoms with Crippen molar-refractivity contribution in [3.63, 3.8) is 0 Å². The van der Waals surface area contributed by atoms with Gasteiger partial charge in [0.1, 0.15) is 0 Å². The van der Waals surface area contributed by atoms with Crippen molar-refractivity contribution in [1.82, 2.24) is 0 Å². The first-order valence-electron chi connectivity index (χ1n) is 0.592. The summed E-state index contributed by atoms with van der Waals surface area (Å²) in [6, 6.07) is 0. The summed E-state index contributed by atoms with van der Waals surface area (Å²) in [5.41, 5.74) is 0. The Hall–Kier alpha value is 0.293. The summed E-state index contributed by atoms with van der Waals surface area (Å²) in [6.45, 7) is 4.28. The third kappa shape index (κ3) is 263. The average Bonchev–Trinajstić information content (AvgIpc) is 0.918. The van der Waals surface area contributed by atoms with Crippen LogP contribution in [0.5, 0.6) is 0 Å². The van der Waals surface area contributed by atoms with Gasteiger partial charge in [-0.05, 0) is 0 Å². The minimum Gasteiger partial charge on any atom is -0.553 e. The van der Waals surface area contributed by atoms with Crippen LogP contribution in [0, 0.1) is 6.58 Å². The molecule has 0 aliphatic heterocycles. The average molecular weight is 238 g/mol. The molecule has 0 aliphatic carbocycles. The summed E-state index contributed by atoms with van der Waals surface area (Å²) >= 11 is 0. The fourth-order valence-corrected chi connectivity index (χ4v) is 0. The van der Waals surface area contributed by atoms with Gasteiger partial charge in [-0.15, -0.1) is 6.26 Å². The van der Waals surface area contributed by atoms with Crippen LogP contribution in [0.4, 0.5) is 0 Å². The molecule has 0 aromatic rings. The van der Waals surface area contributed by atoms with Crippen LogP contribution < -0.4 is 0 Å². The van der Waals surface area contributed by atoms with E-state index in [1.54, 1.807) is 0 Å². The standard InChI is InChI=1S/C2H3O.B.W/c1-2-3;;/h1-3H;;/q-1;;. The summed E-state index contributed by atoms with van der Waals surface area (Å²) < 4.78 is 0. The quantitative estimate of drug-likeness (QED) is 0.360. The van der Waals surface area contributed by atoms with Crippen molar-refractivity contribution >= 4 is 8.41 Å². The van der Waals surface area contributed by atoms with E-state index in [9.17, 15) is 0 Å². The fourth-order valence-electron chi connectivity index (χ4n) is 0. The molecule has 0 aromatic heterocycles. The van der Waals surface area contributed by atoms with Crippen molar-refractivity contribution in [3.05, 3.63) is 12.8 Å². The first-order valence-corrected chi connectivity index (χ1v) is 0.592. The predicted molar refractivity (Wildman–Crippen MR) is 17.3 cm³/mol. The van der Waals surface area contributed by atoms with E-state index < -0.39 is 0 Å². The van der Waals surface area contributed by atoms with Gasteiger partial charge >= 0.3 is 0 Å². The van der Waals surface area contributed by atoms with E-state index in [2.05, 4.69) is 6.58 Å². The fraction of sp³-hybridized carbons (Fsp3) is 0. The van der Waals surface area contributed by atoms with Crippen LogP contribution in [-0.4, -0.2) is 13.5 Å². The molecule has 0 saturated heterocycles. The maximum atomic E-state index is 7.22. The Labute approximate surface area is 47.9 Å². The minimum absolute atomic E-state index is 0. The van der Waals surface area contributed by atoms with Crippen LogP contribution in [0.1, 0.15) is 0 Å². The number of rotatable bonds is 0. The summed E-state index contributed by atoms with van der Waals surface area (Å²) in [6.07, 6.45) is 0.500. The predicted octanol–water partition coefficient (Wildman–Crippen LogP) is 0.108. The van der Waals surface area contributed by atoms with E-state index in [0.717, 1.165) is 0 Å². The number of aliphatic hydroxyl groups excluding tert-OH is 1. The third-order valence-electron chi connectivity index (χ3n) is 0. The van der Waals surface area contributed by atoms with Gasteiger partial charge in [-0.2, -0.15) is 0 Å². The molecule has 3 radical (unpaired) electrons. The maximum absolute atomic E-state index is 7.22. The molecule has 0 amide bonds. The molecule has 0 atom stereocenters. The molecular weight excluding hydrogens is 235 g/mol. The van der Waals surface area contributed by atoms with Crippen LogP contribution in [0.3, 0.4) is 0 Å². The van der Waals surface area contributed by atoms with Crippen LogP contribution in [0.15, 0.2) is 6.26 Å². The summed E-state index contributed by atoms with van der Waals surface area (Å²) in [7, 11) is 0. The van der Waals surface area contributed by atoms with E-state index >= 15 is 0 Å². The van der Waals surface area contributed by atoms with Crippen molar-refractivity contribution in [2.75, 3.05) is 0 Å². The Morgan fingerprint density at radius 2 is 1.60 bits per heavy atom. The third-order valence-corrected chi connectivity index (χ3v) is 0. The Bertz CT molecular complexity index is 17.1. The largest absolute Gasteiger partial charge is 0.553 e. The van der Waals surface area contributed by atoms with Gasteiger partial charge in [-0.25, -0.2) is 0 Å². The first kappa shape index (κ1) is 18.6. The van der Waals surface area contributed by atoms with Crippen molar-refractivity contribution in [2.24, 2.45) is 0 Å². The van der Waals surface area contributed by atoms with Crippen LogP contribution in [-0.2, 0) is 21.1 Å². The van der Waals surface area contributed by atoms with E-state index in [1.807, 2.05) is 0 Å². The zero-order chi connectivity index (χ0) is 2.71. The van der Waals surface area contributed by atoms with Crippen molar-refractivity contribution in [3.8, 4) is 0 Å². The van der Waals surface area contributed by atoms with E-state index in [-0.39, 0.29) is 29.5 Å². The Morgan fingerprint density at radius 1 is 1.60 bits per heavy atom. The molecule has 1 N–H and O–H groups in total. The molecule has 0 aliphatic rings. The van der Waals surface area contributed by atoms with Gasteiger partial charge in [-0.3, -0.25) is 0 Å². The molecule has 0 heterocycles. The van der Waals surface area contributed by atoms with Gasteiger partial charge in [0.25, 0.3) is 0 Å². The van der Waals surface area contributed by atoms with Gasteiger partial charge in [0.15, 0.2) is 0 Å². The zero-order valence-corrected chi connectivity index (χ0v) is 5.52. The summed E-state index contributed by atoms with van der Waals surface area (Å²) in [4.78, 5) is 0. The zero-order valence-electron chi connectivity index (χ0n) is 2.59. The molecule has 0 rings (SSSR count). The minimum atomic E-state index is 0. The van der Waals surface area contributed by atoms with E-state index in [0.29, 0.717) is 6.26 Å². The first-order chi connectivity index (χ1) is 1.41. The van der Waals surface area contributed by atoms with E-state index in [1.165, 1.54) is 0 Å². The Kier molecular flexibility index (Phi) is 103. The van der Waals surface area contributed by atoms with Crippen LogP contribution in [0.25, 0.3) is 0 Å². The molecule has 1 nitrogen and oxygen atoms in total. The normalized spacial score (nSPS) is 2.40. The SMILES string of the molecule is [B].[CH-]=CO.[W]. The molecular formula is C2H3BOW-. The monoisotopic (exact) mass is 238 g/mol. The maximum Gasteiger partial charge on any atom is 0 e. The van der Waals surface area contributed by atoms with Gasteiger partial charge in [0, 0.05) is 29.5 Å². The molecule has 5 heavy (non-hydrogen) atoms. The smallest absolute Gasteiger partial charge is 0 e. The molecule has 0 spiro atoms. The van der Waals surface area contributed by atoms with Gasteiger partial charge in [0.05, 0.1) is 0 Å². The van der Waals surface area contributed by atoms with Gasteiger partial charge in [0.2, 0.25) is 0 Å². The molecule has 0 fully saturated rings. The van der Waals surface area contributed by atoms with Crippen LogP contribution in [0.2, 0.25) is 0 Å². The van der Waals surface area contributed by atoms with E-state index in [4.69, 9.17) is 5.11 Å². The number of hydrogen-bond acceptors (Lipinski definition) is 1. The Balaban J connectivity index is -0.0000000200. The molecule has 27 valence electrons. The summed E-state index contributed by atoms with van der Waals surface area (Å²) in [5, 5.41) is 7.22. The second kappa shape index (κ2) is 27.8. The van der Waals surface area contributed by atoms with Crippen LogP contribution >= 0.6 is 0 Å². The van der Waals surface area contributed by atoms with Gasteiger partial charge in [-0.1, -0.05) is 0 Å². The van der Waals surface area contributed by atoms with Gasteiger partial charge < -0.3 is 11.7 Å². The Morgan fingerprint density at radius 3 is 1.60 bits per heavy atom. The van der Waals surface area contributed by atoms with Crippen molar-refractivity contribution in [1.29, 1.82) is 0 Å².